The summed E-state index contributed by atoms with van der Waals surface area (Å²) >= 11 is 0. The van der Waals surface area contributed by atoms with Crippen molar-refractivity contribution >= 4 is 0 Å². The van der Waals surface area contributed by atoms with Crippen LogP contribution in [0.25, 0.3) is 0 Å². The van der Waals surface area contributed by atoms with Gasteiger partial charge in [0, 0.05) is 0 Å². The molecule has 0 aliphatic heterocycles. The minimum absolute atomic E-state index is 1.26. The van der Waals surface area contributed by atoms with E-state index in [0.29, 0.717) is 0 Å². The zero-order valence-corrected chi connectivity index (χ0v) is 13.6. The summed E-state index contributed by atoms with van der Waals surface area (Å²) in [5, 5.41) is 0. The average molecular weight is 242 g/mol. The van der Waals surface area contributed by atoms with E-state index in [9.17, 15) is 0 Å². The van der Waals surface area contributed by atoms with Crippen LogP contribution in [-0.2, 0) is 0 Å². The molecule has 0 bridgehead atoms. The van der Waals surface area contributed by atoms with E-state index in [1.54, 1.807) is 0 Å². The van der Waals surface area contributed by atoms with Gasteiger partial charge in [-0.05, 0) is 25.7 Å². The molecule has 17 heavy (non-hydrogen) atoms. The molecular weight excluding hydrogens is 204 g/mol. The Morgan fingerprint density at radius 2 is 1.00 bits per heavy atom. The average Bonchev–Trinajstić information content (AvgIpc) is 2.40. The van der Waals surface area contributed by atoms with E-state index < -0.39 is 0 Å². The van der Waals surface area contributed by atoms with Crippen LogP contribution in [0.5, 0.6) is 0 Å². The topological polar surface area (TPSA) is 0 Å². The van der Waals surface area contributed by atoms with Gasteiger partial charge in [0.1, 0.15) is 0 Å². The third-order valence-electron chi connectivity index (χ3n) is 2.52. The van der Waals surface area contributed by atoms with E-state index in [4.69, 9.17) is 0 Å². The monoisotopic (exact) mass is 242 g/mol. The van der Waals surface area contributed by atoms with Gasteiger partial charge in [0.15, 0.2) is 0 Å². The van der Waals surface area contributed by atoms with Crippen molar-refractivity contribution in [1.82, 2.24) is 0 Å². The Bertz CT molecular complexity index is 113. The summed E-state index contributed by atoms with van der Waals surface area (Å²) in [5.41, 5.74) is 1.48. The van der Waals surface area contributed by atoms with Crippen LogP contribution < -0.4 is 0 Å². The molecule has 0 aromatic heterocycles. The van der Waals surface area contributed by atoms with Crippen molar-refractivity contribution in [3.05, 3.63) is 12.2 Å². The standard InChI is InChI=1S/C13H26.2C2H6/c1-4-6-8-10-12-13(3)11-9-7-5-2;2*1-2/h3-12H2,1-2H3;2*1-2H3. The van der Waals surface area contributed by atoms with Gasteiger partial charge in [-0.3, -0.25) is 0 Å². The molecule has 0 aromatic carbocycles. The lowest BCUT2D eigenvalue weighted by atomic mass is 10.0. The highest BCUT2D eigenvalue weighted by molar-refractivity contribution is 4.93. The Kier molecular flexibility index (Phi) is 32.1. The van der Waals surface area contributed by atoms with Crippen molar-refractivity contribution in [2.75, 3.05) is 0 Å². The third-order valence-corrected chi connectivity index (χ3v) is 2.52. The highest BCUT2D eigenvalue weighted by Crippen LogP contribution is 2.14. The molecule has 0 saturated carbocycles. The molecule has 106 valence electrons. The van der Waals surface area contributed by atoms with Crippen molar-refractivity contribution in [1.29, 1.82) is 0 Å². The molecule has 0 heterocycles. The van der Waals surface area contributed by atoms with Crippen LogP contribution in [-0.4, -0.2) is 0 Å². The molecule has 0 unspecified atom stereocenters. The zero-order chi connectivity index (χ0) is 13.9. The van der Waals surface area contributed by atoms with E-state index in [0.717, 1.165) is 0 Å². The number of hydrogen-bond donors (Lipinski definition) is 0. The second-order valence-corrected chi connectivity index (χ2v) is 4.02. The van der Waals surface area contributed by atoms with Crippen LogP contribution in [0.2, 0.25) is 0 Å². The minimum atomic E-state index is 1.26. The van der Waals surface area contributed by atoms with E-state index in [1.165, 1.54) is 63.4 Å². The molecule has 0 rings (SSSR count). The quantitative estimate of drug-likeness (QED) is 0.297. The molecule has 0 amide bonds. The van der Waals surface area contributed by atoms with Crippen LogP contribution in [0, 0.1) is 0 Å². The molecule has 0 nitrogen and oxygen atoms in total. The lowest BCUT2D eigenvalue weighted by Gasteiger charge is -2.04. The zero-order valence-electron chi connectivity index (χ0n) is 13.6. The first-order valence-electron chi connectivity index (χ1n) is 7.97. The second-order valence-electron chi connectivity index (χ2n) is 4.02. The first-order valence-corrected chi connectivity index (χ1v) is 7.97. The van der Waals surface area contributed by atoms with E-state index in [-0.39, 0.29) is 0 Å². The van der Waals surface area contributed by atoms with Crippen molar-refractivity contribution in [2.45, 2.75) is 99.3 Å². The van der Waals surface area contributed by atoms with E-state index in [1.807, 2.05) is 27.7 Å². The predicted molar refractivity (Wildman–Crippen MR) is 84.7 cm³/mol. The van der Waals surface area contributed by atoms with Gasteiger partial charge in [-0.2, -0.15) is 0 Å². The Balaban J connectivity index is -0.000000439. The van der Waals surface area contributed by atoms with Crippen LogP contribution >= 0.6 is 0 Å². The van der Waals surface area contributed by atoms with Gasteiger partial charge in [0.2, 0.25) is 0 Å². The molecule has 0 aliphatic carbocycles. The molecule has 0 aromatic rings. The summed E-state index contributed by atoms with van der Waals surface area (Å²) < 4.78 is 0. The maximum absolute atomic E-state index is 4.12. The van der Waals surface area contributed by atoms with Crippen LogP contribution in [0.15, 0.2) is 12.2 Å². The summed E-state index contributed by atoms with van der Waals surface area (Å²) in [6, 6.07) is 0. The number of allylic oxidation sites excluding steroid dienone is 1. The van der Waals surface area contributed by atoms with Crippen LogP contribution in [0.3, 0.4) is 0 Å². The molecule has 0 N–H and O–H groups in total. The molecule has 0 fully saturated rings. The highest BCUT2D eigenvalue weighted by atomic mass is 14.0. The first kappa shape index (κ1) is 22.0. The van der Waals surface area contributed by atoms with Crippen LogP contribution in [0.4, 0.5) is 0 Å². The minimum Gasteiger partial charge on any atom is -0.0999 e. The maximum atomic E-state index is 4.12. The first-order chi connectivity index (χ1) is 8.31. The summed E-state index contributed by atoms with van der Waals surface area (Å²) in [6.07, 6.45) is 12.1. The Hall–Kier alpha value is -0.260. The summed E-state index contributed by atoms with van der Waals surface area (Å²) in [6.45, 7) is 16.6. The Morgan fingerprint density at radius 1 is 0.647 bits per heavy atom. The summed E-state index contributed by atoms with van der Waals surface area (Å²) in [7, 11) is 0. The molecular formula is C17H38. The molecule has 0 heteroatoms. The molecule has 0 saturated heterocycles. The fourth-order valence-corrected chi connectivity index (χ4v) is 1.55. The Labute approximate surface area is 112 Å². The van der Waals surface area contributed by atoms with Gasteiger partial charge in [-0.15, -0.1) is 0 Å². The van der Waals surface area contributed by atoms with Gasteiger partial charge in [0.05, 0.1) is 0 Å². The molecule has 0 atom stereocenters. The van der Waals surface area contributed by atoms with Crippen molar-refractivity contribution in [3.63, 3.8) is 0 Å². The lowest BCUT2D eigenvalue weighted by Crippen LogP contribution is -1.84. The number of hydrogen-bond acceptors (Lipinski definition) is 0. The van der Waals surface area contributed by atoms with Gasteiger partial charge >= 0.3 is 0 Å². The molecule has 0 spiro atoms. The maximum Gasteiger partial charge on any atom is -0.0323 e. The summed E-state index contributed by atoms with van der Waals surface area (Å²) in [5.74, 6) is 0. The largest absolute Gasteiger partial charge is 0.0999 e. The Morgan fingerprint density at radius 3 is 1.41 bits per heavy atom. The highest BCUT2D eigenvalue weighted by Gasteiger charge is 1.94. The van der Waals surface area contributed by atoms with E-state index >= 15 is 0 Å². The molecule has 0 radical (unpaired) electrons. The normalized spacial score (nSPS) is 8.59. The van der Waals surface area contributed by atoms with Gasteiger partial charge in [-0.25, -0.2) is 0 Å². The predicted octanol–water partition coefficient (Wildman–Crippen LogP) is 7.15. The van der Waals surface area contributed by atoms with Crippen molar-refractivity contribution < 1.29 is 0 Å². The van der Waals surface area contributed by atoms with Gasteiger partial charge < -0.3 is 0 Å². The SMILES string of the molecule is C=C(CCCCC)CCCCCC.CC.CC. The fourth-order valence-electron chi connectivity index (χ4n) is 1.55. The smallest absolute Gasteiger partial charge is 0.0323 e. The second kappa shape index (κ2) is 24.8. The number of unbranched alkanes of at least 4 members (excludes halogenated alkanes) is 5. The van der Waals surface area contributed by atoms with Crippen LogP contribution in [0.1, 0.15) is 99.3 Å². The molecule has 0 aliphatic rings. The fraction of sp³-hybridized carbons (Fsp3) is 0.882. The summed E-state index contributed by atoms with van der Waals surface area (Å²) in [4.78, 5) is 0. The third kappa shape index (κ3) is 25.8. The van der Waals surface area contributed by atoms with Gasteiger partial charge in [0.25, 0.3) is 0 Å². The van der Waals surface area contributed by atoms with Crippen molar-refractivity contribution in [3.8, 4) is 0 Å². The van der Waals surface area contributed by atoms with Gasteiger partial charge in [-0.1, -0.05) is 85.8 Å². The van der Waals surface area contributed by atoms with Crippen molar-refractivity contribution in [2.24, 2.45) is 0 Å². The lowest BCUT2D eigenvalue weighted by molar-refractivity contribution is 0.638. The number of rotatable bonds is 9. The van der Waals surface area contributed by atoms with E-state index in [2.05, 4.69) is 20.4 Å².